The number of rotatable bonds is 10. The van der Waals surface area contributed by atoms with E-state index < -0.39 is 6.04 Å². The lowest BCUT2D eigenvalue weighted by molar-refractivity contribution is -0.143. The highest BCUT2D eigenvalue weighted by Crippen LogP contribution is 2.17. The minimum absolute atomic E-state index is 0.0369. The Balaban J connectivity index is 1.89. The highest BCUT2D eigenvalue weighted by atomic mass is 127. The van der Waals surface area contributed by atoms with Crippen LogP contribution in [0.3, 0.4) is 0 Å². The Morgan fingerprint density at radius 2 is 1.56 bits per heavy atom. The van der Waals surface area contributed by atoms with Crippen LogP contribution in [0.25, 0.3) is 0 Å². The summed E-state index contributed by atoms with van der Waals surface area (Å²) in [4.78, 5) is 28.5. The smallest absolute Gasteiger partial charge is 0.261 e. The minimum Gasteiger partial charge on any atom is -0.484 e. The molecule has 0 spiro atoms. The van der Waals surface area contributed by atoms with Crippen molar-refractivity contribution in [3.63, 3.8) is 0 Å². The molecular weight excluding hydrogens is 539 g/mol. The number of carbonyl (C=O) groups excluding carboxylic acids is 2. The summed E-state index contributed by atoms with van der Waals surface area (Å²) in [5.41, 5.74) is 3.09. The normalized spacial score (nSPS) is 11.7. The lowest BCUT2D eigenvalue weighted by atomic mass is 10.0. The summed E-state index contributed by atoms with van der Waals surface area (Å²) in [5.74, 6) is 0.211. The lowest BCUT2D eigenvalue weighted by Gasteiger charge is -2.32. The summed E-state index contributed by atoms with van der Waals surface area (Å²) in [5, 5.41) is 3.00. The van der Waals surface area contributed by atoms with Gasteiger partial charge in [-0.1, -0.05) is 60.2 Å². The minimum atomic E-state index is -0.668. The molecule has 3 aromatic carbocycles. The lowest BCUT2D eigenvalue weighted by Crippen LogP contribution is -2.52. The molecule has 0 unspecified atom stereocenters. The van der Waals surface area contributed by atoms with Crippen molar-refractivity contribution in [2.24, 2.45) is 0 Å². The Hall–Kier alpha value is -2.87. The van der Waals surface area contributed by atoms with E-state index in [0.717, 1.165) is 20.3 Å². The quantitative estimate of drug-likeness (QED) is 0.344. The van der Waals surface area contributed by atoms with Gasteiger partial charge in [0.05, 0.1) is 0 Å². The molecule has 2 amide bonds. The predicted molar refractivity (Wildman–Crippen MR) is 144 cm³/mol. The van der Waals surface area contributed by atoms with Crippen LogP contribution in [0.4, 0.5) is 0 Å². The summed E-state index contributed by atoms with van der Waals surface area (Å²) >= 11 is 2.22. The molecule has 5 nitrogen and oxygen atoms in total. The summed E-state index contributed by atoms with van der Waals surface area (Å²) in [6, 6.07) is 24.6. The molecular formula is C28H31IN2O3. The first-order valence-electron chi connectivity index (χ1n) is 11.4. The molecule has 1 atom stereocenters. The van der Waals surface area contributed by atoms with Crippen molar-refractivity contribution in [2.45, 2.75) is 45.8 Å². The standard InChI is InChI=1S/C28H31IN2O3/c1-20(2)30-28(33)26(17-22-7-5-4-6-8-22)31(18-23-11-9-21(3)10-12-23)27(32)19-34-25-15-13-24(29)14-16-25/h4-16,20,26H,17-19H2,1-3H3,(H,30,33)/t26-/m0/s1. The van der Waals surface area contributed by atoms with Crippen LogP contribution in [-0.4, -0.2) is 35.4 Å². The number of halogens is 1. The number of aryl methyl sites for hydroxylation is 1. The number of hydrogen-bond donors (Lipinski definition) is 1. The van der Waals surface area contributed by atoms with Gasteiger partial charge in [-0.25, -0.2) is 0 Å². The van der Waals surface area contributed by atoms with Crippen molar-refractivity contribution in [3.05, 3.63) is 99.1 Å². The molecule has 6 heteroatoms. The predicted octanol–water partition coefficient (Wildman–Crippen LogP) is 5.14. The van der Waals surface area contributed by atoms with E-state index in [1.807, 2.05) is 99.6 Å². The van der Waals surface area contributed by atoms with Gasteiger partial charge in [-0.2, -0.15) is 0 Å². The first-order valence-corrected chi connectivity index (χ1v) is 12.5. The Bertz CT molecular complexity index is 1070. The number of amides is 2. The number of hydrogen-bond acceptors (Lipinski definition) is 3. The van der Waals surface area contributed by atoms with Gasteiger partial charge >= 0.3 is 0 Å². The van der Waals surface area contributed by atoms with Gasteiger partial charge in [-0.3, -0.25) is 9.59 Å². The average Bonchev–Trinajstić information content (AvgIpc) is 2.82. The van der Waals surface area contributed by atoms with Crippen molar-refractivity contribution in [3.8, 4) is 5.75 Å². The van der Waals surface area contributed by atoms with Crippen LogP contribution in [0.1, 0.15) is 30.5 Å². The first-order chi connectivity index (χ1) is 16.3. The number of benzene rings is 3. The van der Waals surface area contributed by atoms with E-state index in [-0.39, 0.29) is 24.5 Å². The molecule has 0 saturated carbocycles. The maximum absolute atomic E-state index is 13.5. The molecule has 3 aromatic rings. The fraction of sp³-hybridized carbons (Fsp3) is 0.286. The first kappa shape index (κ1) is 25.7. The molecule has 0 fully saturated rings. The zero-order valence-corrected chi connectivity index (χ0v) is 22.0. The third-order valence-corrected chi connectivity index (χ3v) is 6.07. The van der Waals surface area contributed by atoms with Crippen LogP contribution in [-0.2, 0) is 22.6 Å². The molecule has 0 saturated heterocycles. The van der Waals surface area contributed by atoms with Gasteiger partial charge in [-0.05, 0) is 78.8 Å². The Labute approximate surface area is 215 Å². The van der Waals surface area contributed by atoms with Crippen molar-refractivity contribution in [1.29, 1.82) is 0 Å². The molecule has 3 rings (SSSR count). The van der Waals surface area contributed by atoms with E-state index in [0.29, 0.717) is 18.7 Å². The van der Waals surface area contributed by atoms with Gasteiger partial charge < -0.3 is 15.0 Å². The molecule has 0 radical (unpaired) electrons. The second-order valence-corrected chi connectivity index (χ2v) is 9.86. The SMILES string of the molecule is Cc1ccc(CN(C(=O)COc2ccc(I)cc2)[C@@H](Cc2ccccc2)C(=O)NC(C)C)cc1. The fourth-order valence-electron chi connectivity index (χ4n) is 3.58. The van der Waals surface area contributed by atoms with Crippen LogP contribution in [0.2, 0.25) is 0 Å². The van der Waals surface area contributed by atoms with Gasteiger partial charge in [0, 0.05) is 22.6 Å². The number of nitrogens with one attached hydrogen (secondary N) is 1. The number of ether oxygens (including phenoxy) is 1. The van der Waals surface area contributed by atoms with Gasteiger partial charge in [-0.15, -0.1) is 0 Å². The molecule has 34 heavy (non-hydrogen) atoms. The van der Waals surface area contributed by atoms with E-state index in [4.69, 9.17) is 4.74 Å². The molecule has 0 bridgehead atoms. The maximum Gasteiger partial charge on any atom is 0.261 e. The number of carbonyl (C=O) groups is 2. The van der Waals surface area contributed by atoms with Gasteiger partial charge in [0.25, 0.3) is 5.91 Å². The third-order valence-electron chi connectivity index (χ3n) is 5.35. The number of nitrogens with zero attached hydrogens (tertiary/aromatic N) is 1. The average molecular weight is 570 g/mol. The summed E-state index contributed by atoms with van der Waals surface area (Å²) in [7, 11) is 0. The van der Waals surface area contributed by atoms with Crippen molar-refractivity contribution < 1.29 is 14.3 Å². The Morgan fingerprint density at radius 1 is 0.912 bits per heavy atom. The summed E-state index contributed by atoms with van der Waals surface area (Å²) in [6.45, 7) is 6.04. The molecule has 0 aromatic heterocycles. The van der Waals surface area contributed by atoms with Gasteiger partial charge in [0.15, 0.2) is 6.61 Å². The molecule has 0 aliphatic heterocycles. The van der Waals surface area contributed by atoms with Crippen LogP contribution in [0.5, 0.6) is 5.75 Å². The van der Waals surface area contributed by atoms with Crippen LogP contribution >= 0.6 is 22.6 Å². The molecule has 0 aliphatic carbocycles. The highest BCUT2D eigenvalue weighted by molar-refractivity contribution is 14.1. The molecule has 178 valence electrons. The molecule has 1 N–H and O–H groups in total. The van der Waals surface area contributed by atoms with Crippen LogP contribution < -0.4 is 10.1 Å². The molecule has 0 heterocycles. The summed E-state index contributed by atoms with van der Waals surface area (Å²) < 4.78 is 6.88. The Kier molecular flexibility index (Phi) is 9.51. The fourth-order valence-corrected chi connectivity index (χ4v) is 3.94. The van der Waals surface area contributed by atoms with Gasteiger partial charge in [0.1, 0.15) is 11.8 Å². The topological polar surface area (TPSA) is 58.6 Å². The maximum atomic E-state index is 13.5. The van der Waals surface area contributed by atoms with Crippen molar-refractivity contribution >= 4 is 34.4 Å². The van der Waals surface area contributed by atoms with Crippen molar-refractivity contribution in [1.82, 2.24) is 10.2 Å². The monoisotopic (exact) mass is 570 g/mol. The second-order valence-electron chi connectivity index (χ2n) is 8.62. The van der Waals surface area contributed by atoms with E-state index in [1.165, 1.54) is 0 Å². The third kappa shape index (κ3) is 7.87. The summed E-state index contributed by atoms with van der Waals surface area (Å²) in [6.07, 6.45) is 0.417. The van der Waals surface area contributed by atoms with Crippen LogP contribution in [0, 0.1) is 10.5 Å². The van der Waals surface area contributed by atoms with E-state index >= 15 is 0 Å². The zero-order chi connectivity index (χ0) is 24.5. The van der Waals surface area contributed by atoms with E-state index in [1.54, 1.807) is 4.90 Å². The Morgan fingerprint density at radius 3 is 2.18 bits per heavy atom. The largest absolute Gasteiger partial charge is 0.484 e. The van der Waals surface area contributed by atoms with Gasteiger partial charge in [0.2, 0.25) is 5.91 Å². The second kappa shape index (κ2) is 12.6. The van der Waals surface area contributed by atoms with Crippen molar-refractivity contribution in [2.75, 3.05) is 6.61 Å². The highest BCUT2D eigenvalue weighted by Gasteiger charge is 2.31. The van der Waals surface area contributed by atoms with E-state index in [9.17, 15) is 9.59 Å². The van der Waals surface area contributed by atoms with E-state index in [2.05, 4.69) is 27.9 Å². The van der Waals surface area contributed by atoms with Crippen LogP contribution in [0.15, 0.2) is 78.9 Å². The molecule has 0 aliphatic rings. The zero-order valence-electron chi connectivity index (χ0n) is 19.8.